The second-order valence-corrected chi connectivity index (χ2v) is 7.02. The minimum Gasteiger partial charge on any atom is -0.375 e. The first-order valence-electron chi connectivity index (χ1n) is 7.18. The van der Waals surface area contributed by atoms with E-state index in [4.69, 9.17) is 9.29 Å². The normalized spacial score (nSPS) is 13.5. The fourth-order valence-electron chi connectivity index (χ4n) is 1.91. The molecule has 0 heterocycles. The van der Waals surface area contributed by atoms with Gasteiger partial charge < -0.3 is 10.1 Å². The van der Waals surface area contributed by atoms with Crippen LogP contribution in [-0.4, -0.2) is 37.9 Å². The van der Waals surface area contributed by atoms with Crippen molar-refractivity contribution < 1.29 is 17.7 Å². The molecule has 0 saturated heterocycles. The van der Waals surface area contributed by atoms with Crippen molar-refractivity contribution in [2.75, 3.05) is 18.9 Å². The number of ether oxygens (including phenoxy) is 1. The fraction of sp³-hybridized carbons (Fsp3) is 0.600. The fourth-order valence-corrected chi connectivity index (χ4v) is 2.42. The summed E-state index contributed by atoms with van der Waals surface area (Å²) in [4.78, 5) is 0. The van der Waals surface area contributed by atoms with E-state index in [1.54, 1.807) is 0 Å². The zero-order valence-electron chi connectivity index (χ0n) is 12.7. The maximum absolute atomic E-state index is 10.6. The van der Waals surface area contributed by atoms with Crippen LogP contribution in [0, 0.1) is 5.92 Å². The van der Waals surface area contributed by atoms with Gasteiger partial charge in [-0.05, 0) is 24.4 Å². The lowest BCUT2D eigenvalue weighted by atomic mass is 10.1. The van der Waals surface area contributed by atoms with Crippen LogP contribution in [0.2, 0.25) is 0 Å². The van der Waals surface area contributed by atoms with Crippen LogP contribution in [0.5, 0.6) is 0 Å². The third-order valence-corrected chi connectivity index (χ3v) is 4.00. The summed E-state index contributed by atoms with van der Waals surface area (Å²) < 4.78 is 35.7. The summed E-state index contributed by atoms with van der Waals surface area (Å²) >= 11 is 0. The molecule has 0 saturated carbocycles. The molecule has 0 amide bonds. The first kappa shape index (κ1) is 18.1. The van der Waals surface area contributed by atoms with Crippen molar-refractivity contribution >= 4 is 10.1 Å². The number of benzene rings is 1. The summed E-state index contributed by atoms with van der Waals surface area (Å²) in [5.74, 6) is 0.168. The summed E-state index contributed by atoms with van der Waals surface area (Å²) in [5, 5.41) is 3.28. The number of hydrogen-bond acceptors (Lipinski definition) is 4. The zero-order chi connectivity index (χ0) is 15.7. The van der Waals surface area contributed by atoms with Gasteiger partial charge in [-0.2, -0.15) is 8.42 Å². The highest BCUT2D eigenvalue weighted by molar-refractivity contribution is 7.85. The lowest BCUT2D eigenvalue weighted by Gasteiger charge is -2.22. The maximum Gasteiger partial charge on any atom is 0.264 e. The number of nitrogens with one attached hydrogen (secondary N) is 1. The third kappa shape index (κ3) is 8.83. The Hall–Kier alpha value is -0.950. The van der Waals surface area contributed by atoms with E-state index in [0.29, 0.717) is 32.1 Å². The van der Waals surface area contributed by atoms with Gasteiger partial charge >= 0.3 is 0 Å². The molecule has 0 bridgehead atoms. The molecule has 6 heteroatoms. The Labute approximate surface area is 127 Å². The molecule has 0 aliphatic heterocycles. The summed E-state index contributed by atoms with van der Waals surface area (Å²) in [5.41, 5.74) is 1.13. The van der Waals surface area contributed by atoms with Crippen LogP contribution in [0.25, 0.3) is 0 Å². The van der Waals surface area contributed by atoms with Crippen LogP contribution in [-0.2, 0) is 21.5 Å². The van der Waals surface area contributed by atoms with E-state index < -0.39 is 10.1 Å². The Morgan fingerprint density at radius 1 is 1.24 bits per heavy atom. The van der Waals surface area contributed by atoms with Gasteiger partial charge in [-0.15, -0.1) is 0 Å². The van der Waals surface area contributed by atoms with Gasteiger partial charge in [0.15, 0.2) is 0 Å². The van der Waals surface area contributed by atoms with Gasteiger partial charge in [-0.3, -0.25) is 4.55 Å². The average molecular weight is 315 g/mol. The first-order valence-corrected chi connectivity index (χ1v) is 8.79. The van der Waals surface area contributed by atoms with Crippen LogP contribution >= 0.6 is 0 Å². The number of rotatable bonds is 10. The quantitative estimate of drug-likeness (QED) is 0.511. The van der Waals surface area contributed by atoms with Crippen molar-refractivity contribution in [3.05, 3.63) is 35.9 Å². The minimum absolute atomic E-state index is 0.162. The summed E-state index contributed by atoms with van der Waals surface area (Å²) in [6.45, 7) is 5.85. The number of hydrogen-bond donors (Lipinski definition) is 2. The molecule has 21 heavy (non-hydrogen) atoms. The van der Waals surface area contributed by atoms with Gasteiger partial charge in [-0.1, -0.05) is 44.2 Å². The third-order valence-electron chi connectivity index (χ3n) is 3.20. The van der Waals surface area contributed by atoms with E-state index in [9.17, 15) is 8.42 Å². The SMILES string of the molecule is CC(C)[C@@H](COCc1ccccc1)NCCCS(=O)(=O)O. The van der Waals surface area contributed by atoms with Gasteiger partial charge in [0, 0.05) is 6.04 Å². The average Bonchev–Trinajstić information content (AvgIpc) is 2.41. The van der Waals surface area contributed by atoms with Crippen molar-refractivity contribution in [3.63, 3.8) is 0 Å². The molecule has 0 fully saturated rings. The van der Waals surface area contributed by atoms with Gasteiger partial charge in [0.05, 0.1) is 19.0 Å². The standard InChI is InChI=1S/C15H25NO4S/c1-13(2)15(16-9-6-10-21(17,18)19)12-20-11-14-7-4-3-5-8-14/h3-5,7-8,13,15-16H,6,9-12H2,1-2H3,(H,17,18,19)/t15-/m1/s1. The molecule has 1 rings (SSSR count). The molecule has 0 unspecified atom stereocenters. The van der Waals surface area contributed by atoms with Crippen molar-refractivity contribution in [2.24, 2.45) is 5.92 Å². The molecule has 0 spiro atoms. The van der Waals surface area contributed by atoms with Crippen molar-refractivity contribution in [3.8, 4) is 0 Å². The molecule has 0 aromatic heterocycles. The molecule has 2 N–H and O–H groups in total. The van der Waals surface area contributed by atoms with Crippen molar-refractivity contribution in [1.82, 2.24) is 5.32 Å². The Morgan fingerprint density at radius 2 is 1.90 bits per heavy atom. The summed E-state index contributed by atoms with van der Waals surface area (Å²) in [6.07, 6.45) is 0.390. The molecule has 1 aromatic rings. The van der Waals surface area contributed by atoms with E-state index in [2.05, 4.69) is 19.2 Å². The molecule has 0 radical (unpaired) electrons. The van der Waals surface area contributed by atoms with E-state index >= 15 is 0 Å². The van der Waals surface area contributed by atoms with Gasteiger partial charge in [-0.25, -0.2) is 0 Å². The zero-order valence-corrected chi connectivity index (χ0v) is 13.5. The first-order chi connectivity index (χ1) is 9.88. The highest BCUT2D eigenvalue weighted by Gasteiger charge is 2.13. The van der Waals surface area contributed by atoms with Gasteiger partial charge in [0.2, 0.25) is 0 Å². The molecular weight excluding hydrogens is 290 g/mol. The monoisotopic (exact) mass is 315 g/mol. The van der Waals surface area contributed by atoms with Crippen LogP contribution < -0.4 is 5.32 Å². The van der Waals surface area contributed by atoms with Gasteiger partial charge in [0.1, 0.15) is 0 Å². The lowest BCUT2D eigenvalue weighted by molar-refractivity contribution is 0.0863. The molecule has 120 valence electrons. The molecular formula is C15H25NO4S. The molecule has 1 aromatic carbocycles. The Kier molecular flexibility index (Phi) is 7.88. The predicted octanol–water partition coefficient (Wildman–Crippen LogP) is 2.10. The van der Waals surface area contributed by atoms with Crippen LogP contribution in [0.1, 0.15) is 25.8 Å². The Bertz CT molecular complexity index is 488. The summed E-state index contributed by atoms with van der Waals surface area (Å²) in [6, 6.07) is 10.1. The van der Waals surface area contributed by atoms with Crippen LogP contribution in [0.3, 0.4) is 0 Å². The smallest absolute Gasteiger partial charge is 0.264 e. The predicted molar refractivity (Wildman–Crippen MR) is 83.8 cm³/mol. The second kappa shape index (κ2) is 9.15. The van der Waals surface area contributed by atoms with Crippen LogP contribution in [0.15, 0.2) is 30.3 Å². The molecule has 0 aliphatic rings. The van der Waals surface area contributed by atoms with Crippen molar-refractivity contribution in [2.45, 2.75) is 32.9 Å². The Balaban J connectivity index is 2.27. The van der Waals surface area contributed by atoms with Crippen LogP contribution in [0.4, 0.5) is 0 Å². The van der Waals surface area contributed by atoms with Gasteiger partial charge in [0.25, 0.3) is 10.1 Å². The molecule has 0 aliphatic carbocycles. The van der Waals surface area contributed by atoms with Crippen molar-refractivity contribution in [1.29, 1.82) is 0 Å². The van der Waals surface area contributed by atoms with E-state index in [0.717, 1.165) is 5.56 Å². The topological polar surface area (TPSA) is 75.6 Å². The summed E-state index contributed by atoms with van der Waals surface area (Å²) in [7, 11) is -3.87. The largest absolute Gasteiger partial charge is 0.375 e. The van der Waals surface area contributed by atoms with E-state index in [-0.39, 0.29) is 11.8 Å². The highest BCUT2D eigenvalue weighted by atomic mass is 32.2. The van der Waals surface area contributed by atoms with E-state index in [1.807, 2.05) is 30.3 Å². The van der Waals surface area contributed by atoms with E-state index in [1.165, 1.54) is 0 Å². The Morgan fingerprint density at radius 3 is 2.48 bits per heavy atom. The highest BCUT2D eigenvalue weighted by Crippen LogP contribution is 2.06. The maximum atomic E-state index is 10.6. The second-order valence-electron chi connectivity index (χ2n) is 5.44. The molecule has 5 nitrogen and oxygen atoms in total. The lowest BCUT2D eigenvalue weighted by Crippen LogP contribution is -2.39. The minimum atomic E-state index is -3.87. The molecule has 1 atom stereocenters.